The van der Waals surface area contributed by atoms with Gasteiger partial charge in [0.15, 0.2) is 0 Å². The highest BCUT2D eigenvalue weighted by Crippen LogP contribution is 2.27. The fourth-order valence-corrected chi connectivity index (χ4v) is 1.75. The van der Waals surface area contributed by atoms with E-state index in [2.05, 4.69) is 15.3 Å². The quantitative estimate of drug-likeness (QED) is 0.670. The Kier molecular flexibility index (Phi) is 3.83. The van der Waals surface area contributed by atoms with E-state index in [1.54, 1.807) is 13.0 Å². The number of hydrogen-bond donors (Lipinski definition) is 2. The van der Waals surface area contributed by atoms with E-state index in [-0.39, 0.29) is 18.1 Å². The number of imidazole rings is 1. The maximum Gasteiger partial charge on any atom is 0.432 e. The standard InChI is InChI=1S/C12H11F3N4O2/c1-7-4-8(2-3-9(7)19(20)21)16-6-11-17-5-10(18-11)12(13,14)15/h2-5,16H,6H2,1H3,(H,17,18). The third kappa shape index (κ3) is 3.50. The van der Waals surface area contributed by atoms with E-state index in [1.807, 2.05) is 0 Å². The number of alkyl halides is 3. The molecule has 21 heavy (non-hydrogen) atoms. The molecule has 1 aromatic carbocycles. The van der Waals surface area contributed by atoms with Crippen LogP contribution in [-0.2, 0) is 12.7 Å². The SMILES string of the molecule is Cc1cc(NCc2ncc(C(F)(F)F)[nH]2)ccc1[N+](=O)[O-]. The lowest BCUT2D eigenvalue weighted by Gasteiger charge is -2.06. The number of nitrogens with one attached hydrogen (secondary N) is 2. The zero-order chi connectivity index (χ0) is 15.6. The van der Waals surface area contributed by atoms with Crippen molar-refractivity contribution in [2.75, 3.05) is 5.32 Å². The summed E-state index contributed by atoms with van der Waals surface area (Å²) in [6, 6.07) is 4.37. The van der Waals surface area contributed by atoms with Crippen LogP contribution >= 0.6 is 0 Å². The molecule has 112 valence electrons. The van der Waals surface area contributed by atoms with Gasteiger partial charge in [0, 0.05) is 17.3 Å². The van der Waals surface area contributed by atoms with Crippen LogP contribution in [0.4, 0.5) is 24.5 Å². The molecule has 1 aromatic heterocycles. The van der Waals surface area contributed by atoms with Gasteiger partial charge in [-0.25, -0.2) is 4.98 Å². The summed E-state index contributed by atoms with van der Waals surface area (Å²) < 4.78 is 37.1. The zero-order valence-electron chi connectivity index (χ0n) is 10.9. The summed E-state index contributed by atoms with van der Waals surface area (Å²) in [5.74, 6) is 0.123. The van der Waals surface area contributed by atoms with Crippen molar-refractivity contribution in [3.8, 4) is 0 Å². The van der Waals surface area contributed by atoms with Crippen molar-refractivity contribution in [2.24, 2.45) is 0 Å². The molecule has 0 atom stereocenters. The highest BCUT2D eigenvalue weighted by molar-refractivity contribution is 5.53. The summed E-state index contributed by atoms with van der Waals surface area (Å²) in [7, 11) is 0. The smallest absolute Gasteiger partial charge is 0.378 e. The number of halogens is 3. The Balaban J connectivity index is 2.05. The van der Waals surface area contributed by atoms with E-state index in [9.17, 15) is 23.3 Å². The fourth-order valence-electron chi connectivity index (χ4n) is 1.75. The molecule has 2 N–H and O–H groups in total. The lowest BCUT2D eigenvalue weighted by atomic mass is 10.2. The maximum atomic E-state index is 12.4. The first-order chi connectivity index (χ1) is 9.77. The first-order valence-electron chi connectivity index (χ1n) is 5.87. The molecule has 0 radical (unpaired) electrons. The molecule has 0 saturated heterocycles. The number of nitro groups is 1. The van der Waals surface area contributed by atoms with Gasteiger partial charge in [-0.3, -0.25) is 10.1 Å². The highest BCUT2D eigenvalue weighted by Gasteiger charge is 2.32. The second-order valence-electron chi connectivity index (χ2n) is 4.35. The largest absolute Gasteiger partial charge is 0.432 e. The zero-order valence-corrected chi connectivity index (χ0v) is 10.9. The second-order valence-corrected chi connectivity index (χ2v) is 4.35. The van der Waals surface area contributed by atoms with E-state index in [1.165, 1.54) is 12.1 Å². The van der Waals surface area contributed by atoms with E-state index in [0.29, 0.717) is 11.3 Å². The first-order valence-corrected chi connectivity index (χ1v) is 5.87. The average Bonchev–Trinajstić information content (AvgIpc) is 2.84. The first kappa shape index (κ1) is 14.8. The van der Waals surface area contributed by atoms with Crippen LogP contribution in [0.3, 0.4) is 0 Å². The van der Waals surface area contributed by atoms with Crippen LogP contribution in [0, 0.1) is 17.0 Å². The van der Waals surface area contributed by atoms with Gasteiger partial charge in [0.2, 0.25) is 0 Å². The summed E-state index contributed by atoms with van der Waals surface area (Å²) in [5, 5.41) is 13.5. The van der Waals surface area contributed by atoms with E-state index in [0.717, 1.165) is 6.20 Å². The van der Waals surface area contributed by atoms with Gasteiger partial charge >= 0.3 is 6.18 Å². The van der Waals surface area contributed by atoms with E-state index in [4.69, 9.17) is 0 Å². The Morgan fingerprint density at radius 2 is 2.14 bits per heavy atom. The summed E-state index contributed by atoms with van der Waals surface area (Å²) in [6.45, 7) is 1.63. The van der Waals surface area contributed by atoms with Gasteiger partial charge in [0.1, 0.15) is 11.5 Å². The molecule has 0 aliphatic rings. The average molecular weight is 300 g/mol. The molecule has 0 spiro atoms. The van der Waals surface area contributed by atoms with Gasteiger partial charge in [-0.2, -0.15) is 13.2 Å². The Hall–Kier alpha value is -2.58. The number of aromatic nitrogens is 2. The van der Waals surface area contributed by atoms with Crippen LogP contribution in [0.1, 0.15) is 17.1 Å². The Labute approximate surface area is 117 Å². The molecule has 2 rings (SSSR count). The molecule has 0 aliphatic carbocycles. The number of nitro benzene ring substituents is 1. The van der Waals surface area contributed by atoms with Crippen LogP contribution in [0.5, 0.6) is 0 Å². The number of aryl methyl sites for hydroxylation is 1. The number of anilines is 1. The normalized spacial score (nSPS) is 11.4. The molecule has 0 bridgehead atoms. The molecule has 0 aliphatic heterocycles. The van der Waals surface area contributed by atoms with Crippen LogP contribution in [-0.4, -0.2) is 14.9 Å². The van der Waals surface area contributed by atoms with Crippen molar-refractivity contribution in [1.29, 1.82) is 0 Å². The minimum atomic E-state index is -4.46. The molecular weight excluding hydrogens is 289 g/mol. The lowest BCUT2D eigenvalue weighted by Crippen LogP contribution is -2.06. The third-order valence-electron chi connectivity index (χ3n) is 2.79. The minimum Gasteiger partial charge on any atom is -0.378 e. The molecule has 6 nitrogen and oxygen atoms in total. The van der Waals surface area contributed by atoms with Gasteiger partial charge in [-0.1, -0.05) is 0 Å². The van der Waals surface area contributed by atoms with Gasteiger partial charge in [-0.05, 0) is 19.1 Å². The molecule has 0 saturated carbocycles. The van der Waals surface area contributed by atoms with Gasteiger partial charge < -0.3 is 10.3 Å². The van der Waals surface area contributed by atoms with Crippen molar-refractivity contribution < 1.29 is 18.1 Å². The summed E-state index contributed by atoms with van der Waals surface area (Å²) in [5.41, 5.74) is 0.0839. The Morgan fingerprint density at radius 3 is 2.67 bits per heavy atom. The number of aromatic amines is 1. The number of H-pyrrole nitrogens is 1. The summed E-state index contributed by atoms with van der Waals surface area (Å²) in [4.78, 5) is 16.0. The van der Waals surface area contributed by atoms with E-state index < -0.39 is 16.8 Å². The number of hydrogen-bond acceptors (Lipinski definition) is 4. The number of rotatable bonds is 4. The monoisotopic (exact) mass is 300 g/mol. The van der Waals surface area contributed by atoms with Crippen molar-refractivity contribution in [1.82, 2.24) is 9.97 Å². The number of nitrogens with zero attached hydrogens (tertiary/aromatic N) is 2. The topological polar surface area (TPSA) is 83.8 Å². The van der Waals surface area contributed by atoms with Gasteiger partial charge in [0.05, 0.1) is 17.7 Å². The maximum absolute atomic E-state index is 12.4. The van der Waals surface area contributed by atoms with Crippen LogP contribution in [0.15, 0.2) is 24.4 Å². The Bertz CT molecular complexity index is 667. The van der Waals surface area contributed by atoms with Crippen molar-refractivity contribution in [2.45, 2.75) is 19.6 Å². The van der Waals surface area contributed by atoms with E-state index >= 15 is 0 Å². The third-order valence-corrected chi connectivity index (χ3v) is 2.79. The minimum absolute atomic E-state index is 0.0158. The number of benzene rings is 1. The van der Waals surface area contributed by atoms with Crippen LogP contribution in [0.2, 0.25) is 0 Å². The van der Waals surface area contributed by atoms with Gasteiger partial charge in [-0.15, -0.1) is 0 Å². The van der Waals surface area contributed by atoms with Crippen molar-refractivity contribution >= 4 is 11.4 Å². The van der Waals surface area contributed by atoms with Crippen LogP contribution in [0.25, 0.3) is 0 Å². The second kappa shape index (κ2) is 5.43. The highest BCUT2D eigenvalue weighted by atomic mass is 19.4. The molecule has 9 heteroatoms. The molecule has 0 unspecified atom stereocenters. The van der Waals surface area contributed by atoms with Crippen molar-refractivity contribution in [3.05, 3.63) is 51.6 Å². The summed E-state index contributed by atoms with van der Waals surface area (Å²) >= 11 is 0. The summed E-state index contributed by atoms with van der Waals surface area (Å²) in [6.07, 6.45) is -3.74. The molecule has 2 aromatic rings. The van der Waals surface area contributed by atoms with Gasteiger partial charge in [0.25, 0.3) is 5.69 Å². The molecule has 1 heterocycles. The predicted molar refractivity (Wildman–Crippen MR) is 68.7 cm³/mol. The lowest BCUT2D eigenvalue weighted by molar-refractivity contribution is -0.385. The molecular formula is C12H11F3N4O2. The van der Waals surface area contributed by atoms with Crippen molar-refractivity contribution in [3.63, 3.8) is 0 Å². The fraction of sp³-hybridized carbons (Fsp3) is 0.250. The predicted octanol–water partition coefficient (Wildman–Crippen LogP) is 3.26. The Morgan fingerprint density at radius 1 is 1.43 bits per heavy atom. The molecule has 0 amide bonds. The van der Waals surface area contributed by atoms with Crippen LogP contribution < -0.4 is 5.32 Å². The molecule has 0 fully saturated rings.